The normalized spacial score (nSPS) is 24.4. The highest BCUT2D eigenvalue weighted by Crippen LogP contribution is 2.48. The molecule has 122 valence electrons. The van der Waals surface area contributed by atoms with Gasteiger partial charge in [0, 0.05) is 19.5 Å². The SMILES string of the molecule is O=S(=O)(c1ccc(OC[C@H]2CC2(F)F)c(Br)c1)N1CCCC1. The molecule has 1 atom stereocenters. The van der Waals surface area contributed by atoms with Crippen LogP contribution in [0.25, 0.3) is 0 Å². The van der Waals surface area contributed by atoms with Crippen molar-refractivity contribution < 1.29 is 21.9 Å². The molecule has 0 bridgehead atoms. The quantitative estimate of drug-likeness (QED) is 0.768. The smallest absolute Gasteiger partial charge is 0.255 e. The van der Waals surface area contributed by atoms with Crippen LogP contribution < -0.4 is 4.74 Å². The molecule has 1 aliphatic carbocycles. The topological polar surface area (TPSA) is 46.6 Å². The lowest BCUT2D eigenvalue weighted by Gasteiger charge is -2.16. The molecule has 0 amide bonds. The van der Waals surface area contributed by atoms with Crippen molar-refractivity contribution in [3.8, 4) is 5.75 Å². The van der Waals surface area contributed by atoms with Crippen LogP contribution in [-0.4, -0.2) is 38.3 Å². The molecule has 1 aliphatic heterocycles. The van der Waals surface area contributed by atoms with E-state index in [2.05, 4.69) is 15.9 Å². The highest BCUT2D eigenvalue weighted by Gasteiger charge is 2.57. The zero-order valence-corrected chi connectivity index (χ0v) is 14.2. The van der Waals surface area contributed by atoms with Crippen molar-refractivity contribution >= 4 is 26.0 Å². The summed E-state index contributed by atoms with van der Waals surface area (Å²) >= 11 is 3.25. The fourth-order valence-corrected chi connectivity index (χ4v) is 4.67. The van der Waals surface area contributed by atoms with Crippen LogP contribution in [0.3, 0.4) is 0 Å². The summed E-state index contributed by atoms with van der Waals surface area (Å²) in [6, 6.07) is 4.43. The second-order valence-electron chi connectivity index (χ2n) is 5.68. The van der Waals surface area contributed by atoms with Gasteiger partial charge in [-0.3, -0.25) is 0 Å². The maximum absolute atomic E-state index is 12.8. The summed E-state index contributed by atoms with van der Waals surface area (Å²) in [6.45, 7) is 1.01. The molecular formula is C14H16BrF2NO3S. The molecular weight excluding hydrogens is 380 g/mol. The fourth-order valence-electron chi connectivity index (χ4n) is 2.48. The monoisotopic (exact) mass is 395 g/mol. The van der Waals surface area contributed by atoms with Gasteiger partial charge < -0.3 is 4.74 Å². The number of halogens is 3. The molecule has 2 aliphatic rings. The summed E-state index contributed by atoms with van der Waals surface area (Å²) in [7, 11) is -3.49. The van der Waals surface area contributed by atoms with Crippen LogP contribution in [0, 0.1) is 5.92 Å². The van der Waals surface area contributed by atoms with E-state index in [9.17, 15) is 17.2 Å². The highest BCUT2D eigenvalue weighted by atomic mass is 79.9. The molecule has 8 heteroatoms. The predicted molar refractivity (Wildman–Crippen MR) is 80.7 cm³/mol. The second kappa shape index (κ2) is 5.72. The number of sulfonamides is 1. The molecule has 3 rings (SSSR count). The third-order valence-electron chi connectivity index (χ3n) is 4.00. The molecule has 1 heterocycles. The van der Waals surface area contributed by atoms with Crippen molar-refractivity contribution in [3.05, 3.63) is 22.7 Å². The summed E-state index contributed by atoms with van der Waals surface area (Å²) < 4.78 is 57.7. The second-order valence-corrected chi connectivity index (χ2v) is 8.47. The van der Waals surface area contributed by atoms with Gasteiger partial charge in [0.05, 0.1) is 21.9 Å². The summed E-state index contributed by atoms with van der Waals surface area (Å²) in [5, 5.41) is 0. The molecule has 22 heavy (non-hydrogen) atoms. The van der Waals surface area contributed by atoms with Crippen molar-refractivity contribution in [2.24, 2.45) is 5.92 Å². The number of benzene rings is 1. The zero-order chi connectivity index (χ0) is 16.0. The number of ether oxygens (including phenoxy) is 1. The first kappa shape index (κ1) is 16.1. The maximum atomic E-state index is 12.8. The summed E-state index contributed by atoms with van der Waals surface area (Å²) in [5.74, 6) is -2.98. The van der Waals surface area contributed by atoms with Crippen LogP contribution in [0.5, 0.6) is 5.75 Å². The Morgan fingerprint density at radius 1 is 1.32 bits per heavy atom. The van der Waals surface area contributed by atoms with E-state index < -0.39 is 21.9 Å². The van der Waals surface area contributed by atoms with Gasteiger partial charge in [-0.1, -0.05) is 0 Å². The summed E-state index contributed by atoms with van der Waals surface area (Å²) in [6.07, 6.45) is 1.60. The highest BCUT2D eigenvalue weighted by molar-refractivity contribution is 9.10. The molecule has 1 aromatic carbocycles. The van der Waals surface area contributed by atoms with Gasteiger partial charge in [-0.05, 0) is 47.0 Å². The molecule has 0 radical (unpaired) electrons. The average Bonchev–Trinajstić information content (AvgIpc) is 2.89. The van der Waals surface area contributed by atoms with E-state index in [0.29, 0.717) is 23.3 Å². The Morgan fingerprint density at radius 2 is 1.95 bits per heavy atom. The standard InChI is InChI=1S/C14H16BrF2NO3S/c15-12-7-11(22(19,20)18-5-1-2-6-18)3-4-13(12)21-9-10-8-14(10,16)17/h3-4,7,10H,1-2,5-6,8-9H2/t10-/m1/s1. The van der Waals surface area contributed by atoms with Gasteiger partial charge in [0.15, 0.2) is 0 Å². The Labute approximate surface area is 136 Å². The number of alkyl halides is 2. The van der Waals surface area contributed by atoms with Crippen LogP contribution in [0.15, 0.2) is 27.6 Å². The summed E-state index contributed by atoms with van der Waals surface area (Å²) in [5.41, 5.74) is 0. The van der Waals surface area contributed by atoms with Crippen molar-refractivity contribution in [3.63, 3.8) is 0 Å². The van der Waals surface area contributed by atoms with E-state index in [1.54, 1.807) is 0 Å². The largest absolute Gasteiger partial charge is 0.492 e. The fraction of sp³-hybridized carbons (Fsp3) is 0.571. The molecule has 1 saturated carbocycles. The van der Waals surface area contributed by atoms with E-state index in [1.807, 2.05) is 0 Å². The minimum absolute atomic E-state index is 0.0657. The zero-order valence-electron chi connectivity index (χ0n) is 11.8. The first-order valence-electron chi connectivity index (χ1n) is 7.11. The number of hydrogen-bond donors (Lipinski definition) is 0. The number of nitrogens with zero attached hydrogens (tertiary/aromatic N) is 1. The Kier molecular flexibility index (Phi) is 4.20. The Morgan fingerprint density at radius 3 is 2.50 bits per heavy atom. The van der Waals surface area contributed by atoms with Crippen LogP contribution in [0.4, 0.5) is 8.78 Å². The molecule has 1 saturated heterocycles. The van der Waals surface area contributed by atoms with E-state index in [-0.39, 0.29) is 17.9 Å². The van der Waals surface area contributed by atoms with Crippen molar-refractivity contribution in [2.75, 3.05) is 19.7 Å². The number of hydrogen-bond acceptors (Lipinski definition) is 3. The van der Waals surface area contributed by atoms with Crippen molar-refractivity contribution in [1.29, 1.82) is 0 Å². The van der Waals surface area contributed by atoms with Gasteiger partial charge in [0.25, 0.3) is 5.92 Å². The van der Waals surface area contributed by atoms with E-state index >= 15 is 0 Å². The third-order valence-corrected chi connectivity index (χ3v) is 6.52. The van der Waals surface area contributed by atoms with E-state index in [1.165, 1.54) is 22.5 Å². The molecule has 4 nitrogen and oxygen atoms in total. The van der Waals surface area contributed by atoms with Gasteiger partial charge in [-0.2, -0.15) is 4.31 Å². The van der Waals surface area contributed by atoms with E-state index in [0.717, 1.165) is 12.8 Å². The molecule has 0 N–H and O–H groups in total. The van der Waals surface area contributed by atoms with Gasteiger partial charge in [-0.25, -0.2) is 17.2 Å². The minimum atomic E-state index is -3.49. The van der Waals surface area contributed by atoms with Crippen molar-refractivity contribution in [1.82, 2.24) is 4.31 Å². The average molecular weight is 396 g/mol. The van der Waals surface area contributed by atoms with Gasteiger partial charge >= 0.3 is 0 Å². The molecule has 2 fully saturated rings. The summed E-state index contributed by atoms with van der Waals surface area (Å²) in [4.78, 5) is 0.186. The molecule has 1 aromatic rings. The first-order chi connectivity index (χ1) is 10.3. The van der Waals surface area contributed by atoms with Gasteiger partial charge in [-0.15, -0.1) is 0 Å². The molecule has 0 aromatic heterocycles. The van der Waals surface area contributed by atoms with Crippen LogP contribution in [0.1, 0.15) is 19.3 Å². The van der Waals surface area contributed by atoms with Gasteiger partial charge in [0.2, 0.25) is 10.0 Å². The van der Waals surface area contributed by atoms with E-state index in [4.69, 9.17) is 4.74 Å². The lowest BCUT2D eigenvalue weighted by Crippen LogP contribution is -2.27. The molecule has 0 unspecified atom stereocenters. The third kappa shape index (κ3) is 3.14. The molecule has 0 spiro atoms. The van der Waals surface area contributed by atoms with Crippen LogP contribution in [-0.2, 0) is 10.0 Å². The first-order valence-corrected chi connectivity index (χ1v) is 9.34. The minimum Gasteiger partial charge on any atom is -0.492 e. The Balaban J connectivity index is 1.71. The van der Waals surface area contributed by atoms with Gasteiger partial charge in [0.1, 0.15) is 5.75 Å². The predicted octanol–water partition coefficient (Wildman–Crippen LogP) is 3.27. The lowest BCUT2D eigenvalue weighted by molar-refractivity contribution is 0.0855. The Hall–Kier alpha value is -0.730. The Bertz CT molecular complexity index is 675. The maximum Gasteiger partial charge on any atom is 0.255 e. The number of rotatable bonds is 5. The van der Waals surface area contributed by atoms with Crippen LogP contribution in [0.2, 0.25) is 0 Å². The van der Waals surface area contributed by atoms with Crippen LogP contribution >= 0.6 is 15.9 Å². The lowest BCUT2D eigenvalue weighted by atomic mass is 10.3. The van der Waals surface area contributed by atoms with Crippen molar-refractivity contribution in [2.45, 2.75) is 30.1 Å².